The van der Waals surface area contributed by atoms with Gasteiger partial charge < -0.3 is 10.3 Å². The van der Waals surface area contributed by atoms with Crippen molar-refractivity contribution in [3.05, 3.63) is 34.1 Å². The van der Waals surface area contributed by atoms with Crippen LogP contribution >= 0.6 is 23.2 Å². The van der Waals surface area contributed by atoms with Gasteiger partial charge in [0.05, 0.1) is 0 Å². The van der Waals surface area contributed by atoms with Gasteiger partial charge in [-0.15, -0.1) is 0 Å². The van der Waals surface area contributed by atoms with E-state index in [0.717, 1.165) is 5.56 Å². The smallest absolute Gasteiger partial charge is 0.228 e. The molecule has 6 heteroatoms. The minimum Gasteiger partial charge on any atom is -0.339 e. The molecule has 1 aliphatic rings. The molecule has 0 spiro atoms. The van der Waals surface area contributed by atoms with Crippen LogP contribution in [0.3, 0.4) is 0 Å². The highest BCUT2D eigenvalue weighted by molar-refractivity contribution is 6.35. The van der Waals surface area contributed by atoms with Crippen LogP contribution in [-0.4, -0.2) is 16.2 Å². The maximum atomic E-state index is 6.04. The van der Waals surface area contributed by atoms with Crippen molar-refractivity contribution in [3.63, 3.8) is 0 Å². The van der Waals surface area contributed by atoms with E-state index < -0.39 is 0 Å². The van der Waals surface area contributed by atoms with Crippen LogP contribution in [0, 0.1) is 5.92 Å². The van der Waals surface area contributed by atoms with Gasteiger partial charge in [0, 0.05) is 28.1 Å². The minimum atomic E-state index is 0.108. The molecule has 100 valence electrons. The minimum absolute atomic E-state index is 0.108. The summed E-state index contributed by atoms with van der Waals surface area (Å²) < 4.78 is 5.22. The number of hydrogen-bond acceptors (Lipinski definition) is 4. The molecule has 1 atom stereocenters. The molecule has 0 bridgehead atoms. The van der Waals surface area contributed by atoms with Gasteiger partial charge in [-0.1, -0.05) is 28.4 Å². The van der Waals surface area contributed by atoms with Gasteiger partial charge in [-0.05, 0) is 37.0 Å². The third-order valence-corrected chi connectivity index (χ3v) is 3.66. The zero-order chi connectivity index (χ0) is 13.4. The predicted octanol–water partition coefficient (Wildman–Crippen LogP) is 3.32. The first-order valence-corrected chi connectivity index (χ1v) is 6.92. The number of benzene rings is 1. The summed E-state index contributed by atoms with van der Waals surface area (Å²) >= 11 is 11.9. The molecule has 0 saturated heterocycles. The van der Waals surface area contributed by atoms with E-state index in [1.807, 2.05) is 0 Å². The molecular formula is C13H13Cl2N3O. The molecule has 4 nitrogen and oxygen atoms in total. The molecule has 2 aromatic rings. The second kappa shape index (κ2) is 5.12. The molecule has 19 heavy (non-hydrogen) atoms. The highest BCUT2D eigenvalue weighted by Gasteiger charge is 2.29. The summed E-state index contributed by atoms with van der Waals surface area (Å²) in [6.07, 6.45) is 3.02. The molecule has 1 fully saturated rings. The van der Waals surface area contributed by atoms with Gasteiger partial charge in [-0.25, -0.2) is 0 Å². The number of aromatic nitrogens is 2. The molecule has 0 amide bonds. The van der Waals surface area contributed by atoms with E-state index >= 15 is 0 Å². The Balaban J connectivity index is 1.79. The predicted molar refractivity (Wildman–Crippen MR) is 74.2 cm³/mol. The fourth-order valence-corrected chi connectivity index (χ4v) is 2.56. The summed E-state index contributed by atoms with van der Waals surface area (Å²) in [4.78, 5) is 4.34. The third kappa shape index (κ3) is 3.08. The average Bonchev–Trinajstić information content (AvgIpc) is 3.09. The SMILES string of the molecule is NC(Cc1nc(-c2cc(Cl)cc(Cl)c2)no1)C1CC1. The molecule has 0 aliphatic heterocycles. The van der Waals surface area contributed by atoms with E-state index in [2.05, 4.69) is 10.1 Å². The molecular weight excluding hydrogens is 285 g/mol. The quantitative estimate of drug-likeness (QED) is 0.940. The van der Waals surface area contributed by atoms with Crippen molar-refractivity contribution in [2.45, 2.75) is 25.3 Å². The van der Waals surface area contributed by atoms with E-state index in [9.17, 15) is 0 Å². The van der Waals surface area contributed by atoms with Gasteiger partial charge in [-0.3, -0.25) is 0 Å². The fourth-order valence-electron chi connectivity index (χ4n) is 2.03. The van der Waals surface area contributed by atoms with E-state index in [1.165, 1.54) is 12.8 Å². The van der Waals surface area contributed by atoms with Gasteiger partial charge in [0.25, 0.3) is 0 Å². The molecule has 1 unspecified atom stereocenters. The van der Waals surface area contributed by atoms with Gasteiger partial charge in [0.15, 0.2) is 0 Å². The van der Waals surface area contributed by atoms with E-state index in [-0.39, 0.29) is 6.04 Å². The molecule has 1 saturated carbocycles. The first kappa shape index (κ1) is 12.9. The molecule has 0 radical (unpaired) electrons. The van der Waals surface area contributed by atoms with Gasteiger partial charge in [0.1, 0.15) is 0 Å². The second-order valence-corrected chi connectivity index (χ2v) is 5.75. The van der Waals surface area contributed by atoms with Crippen LogP contribution in [0.4, 0.5) is 0 Å². The number of rotatable bonds is 4. The number of hydrogen-bond donors (Lipinski definition) is 1. The monoisotopic (exact) mass is 297 g/mol. The van der Waals surface area contributed by atoms with E-state index in [4.69, 9.17) is 33.5 Å². The Labute approximate surface area is 120 Å². The lowest BCUT2D eigenvalue weighted by Gasteiger charge is -2.04. The summed E-state index contributed by atoms with van der Waals surface area (Å²) in [7, 11) is 0. The first-order chi connectivity index (χ1) is 9.11. The highest BCUT2D eigenvalue weighted by atomic mass is 35.5. The summed E-state index contributed by atoms with van der Waals surface area (Å²) in [5.74, 6) is 1.66. The molecule has 1 aliphatic carbocycles. The summed E-state index contributed by atoms with van der Waals surface area (Å²) in [6.45, 7) is 0. The van der Waals surface area contributed by atoms with Crippen molar-refractivity contribution >= 4 is 23.2 Å². The van der Waals surface area contributed by atoms with Crippen LogP contribution in [0.25, 0.3) is 11.4 Å². The van der Waals surface area contributed by atoms with Crippen molar-refractivity contribution in [2.75, 3.05) is 0 Å². The zero-order valence-electron chi connectivity index (χ0n) is 10.1. The van der Waals surface area contributed by atoms with E-state index in [0.29, 0.717) is 34.1 Å². The van der Waals surface area contributed by atoms with Crippen LogP contribution in [0.15, 0.2) is 22.7 Å². The lowest BCUT2D eigenvalue weighted by molar-refractivity contribution is 0.364. The van der Waals surface area contributed by atoms with Crippen molar-refractivity contribution in [1.82, 2.24) is 10.1 Å². The largest absolute Gasteiger partial charge is 0.339 e. The summed E-state index contributed by atoms with van der Waals surface area (Å²) in [5, 5.41) is 5.03. The van der Waals surface area contributed by atoms with Crippen molar-refractivity contribution < 1.29 is 4.52 Å². The lowest BCUT2D eigenvalue weighted by Crippen LogP contribution is -2.25. The van der Waals surface area contributed by atoms with Crippen LogP contribution in [0.1, 0.15) is 18.7 Å². The van der Waals surface area contributed by atoms with Crippen LogP contribution in [0.2, 0.25) is 10.0 Å². The molecule has 1 aromatic heterocycles. The summed E-state index contributed by atoms with van der Waals surface area (Å²) in [5.41, 5.74) is 6.78. The Hall–Kier alpha value is -1.10. The standard InChI is InChI=1S/C13H13Cl2N3O/c14-9-3-8(4-10(15)5-9)13-17-12(19-18-13)6-11(16)7-1-2-7/h3-5,7,11H,1-2,6,16H2. The number of halogens is 2. The Morgan fingerprint density at radius 2 is 1.95 bits per heavy atom. The fraction of sp³-hybridized carbons (Fsp3) is 0.385. The molecule has 1 aromatic carbocycles. The maximum Gasteiger partial charge on any atom is 0.228 e. The Kier molecular flexibility index (Phi) is 3.48. The van der Waals surface area contributed by atoms with Gasteiger partial charge in [0.2, 0.25) is 11.7 Å². The van der Waals surface area contributed by atoms with Gasteiger partial charge in [-0.2, -0.15) is 4.98 Å². The first-order valence-electron chi connectivity index (χ1n) is 6.16. The van der Waals surface area contributed by atoms with Crippen LogP contribution in [0.5, 0.6) is 0 Å². The second-order valence-electron chi connectivity index (χ2n) is 4.88. The van der Waals surface area contributed by atoms with Gasteiger partial charge >= 0.3 is 0 Å². The third-order valence-electron chi connectivity index (χ3n) is 3.23. The maximum absolute atomic E-state index is 6.04. The highest BCUT2D eigenvalue weighted by Crippen LogP contribution is 2.33. The van der Waals surface area contributed by atoms with Crippen LogP contribution in [-0.2, 0) is 6.42 Å². The Morgan fingerprint density at radius 1 is 1.26 bits per heavy atom. The Morgan fingerprint density at radius 3 is 2.58 bits per heavy atom. The molecule has 3 rings (SSSR count). The van der Waals surface area contributed by atoms with Crippen molar-refractivity contribution in [1.29, 1.82) is 0 Å². The Bertz CT molecular complexity index is 575. The van der Waals surface area contributed by atoms with Crippen molar-refractivity contribution in [3.8, 4) is 11.4 Å². The van der Waals surface area contributed by atoms with E-state index in [1.54, 1.807) is 18.2 Å². The summed E-state index contributed by atoms with van der Waals surface area (Å²) in [6, 6.07) is 5.28. The van der Waals surface area contributed by atoms with Crippen molar-refractivity contribution in [2.24, 2.45) is 11.7 Å². The topological polar surface area (TPSA) is 64.9 Å². The average molecular weight is 298 g/mol. The normalized spacial score (nSPS) is 16.6. The van der Waals surface area contributed by atoms with Crippen LogP contribution < -0.4 is 5.73 Å². The lowest BCUT2D eigenvalue weighted by atomic mass is 10.1. The number of nitrogens with two attached hydrogens (primary N) is 1. The molecule has 1 heterocycles. The number of nitrogens with zero attached hydrogens (tertiary/aromatic N) is 2. The zero-order valence-corrected chi connectivity index (χ0v) is 11.7. The molecule has 2 N–H and O–H groups in total.